The molecular weight excluding hydrogens is 234 g/mol. The van der Waals surface area contributed by atoms with Gasteiger partial charge in [0.15, 0.2) is 0 Å². The zero-order valence-electron chi connectivity index (χ0n) is 11.4. The number of fused-ring (bicyclic) bond motifs is 1. The van der Waals surface area contributed by atoms with E-state index in [1.807, 2.05) is 19.9 Å². The molecule has 3 nitrogen and oxygen atoms in total. The minimum Gasteiger partial charge on any atom is -0.377 e. The predicted molar refractivity (Wildman–Crippen MR) is 78.1 cm³/mol. The molecule has 3 N–H and O–H groups in total. The Kier molecular flexibility index (Phi) is 2.99. The number of hydrogen-bond acceptors (Lipinski definition) is 3. The van der Waals surface area contributed by atoms with Gasteiger partial charge in [-0.25, -0.2) is 0 Å². The van der Waals surface area contributed by atoms with E-state index in [2.05, 4.69) is 40.6 Å². The molecule has 3 rings (SSSR count). The fraction of sp³-hybridized carbons (Fsp3) is 0.312. The summed E-state index contributed by atoms with van der Waals surface area (Å²) in [5.41, 5.74) is 12.0. The van der Waals surface area contributed by atoms with E-state index in [1.165, 1.54) is 11.1 Å². The van der Waals surface area contributed by atoms with Crippen molar-refractivity contribution in [2.75, 3.05) is 5.32 Å². The molecule has 1 aromatic heterocycles. The average Bonchev–Trinajstić information content (AvgIpc) is 2.71. The maximum Gasteiger partial charge on any atom is 0.0607 e. The van der Waals surface area contributed by atoms with Gasteiger partial charge in [-0.3, -0.25) is 4.98 Å². The molecule has 1 heterocycles. The van der Waals surface area contributed by atoms with Crippen molar-refractivity contribution >= 4 is 5.69 Å². The lowest BCUT2D eigenvalue weighted by molar-refractivity contribution is 0.648. The molecule has 98 valence electrons. The molecule has 0 bridgehead atoms. The van der Waals surface area contributed by atoms with E-state index in [4.69, 9.17) is 5.73 Å². The third-order valence-corrected chi connectivity index (χ3v) is 3.82. The molecule has 2 unspecified atom stereocenters. The highest BCUT2D eigenvalue weighted by Crippen LogP contribution is 2.39. The summed E-state index contributed by atoms with van der Waals surface area (Å²) in [6.45, 7) is 4.05. The number of nitrogens with one attached hydrogen (secondary N) is 1. The van der Waals surface area contributed by atoms with Crippen LogP contribution in [0, 0.1) is 13.8 Å². The van der Waals surface area contributed by atoms with E-state index in [-0.39, 0.29) is 12.1 Å². The number of nitrogens with two attached hydrogens (primary N) is 1. The van der Waals surface area contributed by atoms with Gasteiger partial charge in [0.1, 0.15) is 0 Å². The van der Waals surface area contributed by atoms with E-state index >= 15 is 0 Å². The highest BCUT2D eigenvalue weighted by molar-refractivity contribution is 5.52. The van der Waals surface area contributed by atoms with Crippen LogP contribution in [0.2, 0.25) is 0 Å². The number of benzene rings is 1. The van der Waals surface area contributed by atoms with Crippen LogP contribution in [0.5, 0.6) is 0 Å². The number of anilines is 1. The first-order valence-electron chi connectivity index (χ1n) is 6.70. The van der Waals surface area contributed by atoms with Gasteiger partial charge < -0.3 is 11.1 Å². The number of rotatable bonds is 2. The lowest BCUT2D eigenvalue weighted by Crippen LogP contribution is -2.11. The first-order chi connectivity index (χ1) is 9.15. The Hall–Kier alpha value is -1.87. The van der Waals surface area contributed by atoms with Crippen LogP contribution in [-0.4, -0.2) is 4.98 Å². The van der Waals surface area contributed by atoms with Crippen LogP contribution in [0.25, 0.3) is 0 Å². The van der Waals surface area contributed by atoms with Gasteiger partial charge in [-0.15, -0.1) is 0 Å². The largest absolute Gasteiger partial charge is 0.377 e. The summed E-state index contributed by atoms with van der Waals surface area (Å²) in [5.74, 6) is 0. The van der Waals surface area contributed by atoms with E-state index in [0.717, 1.165) is 23.5 Å². The van der Waals surface area contributed by atoms with Crippen molar-refractivity contribution in [3.8, 4) is 0 Å². The zero-order chi connectivity index (χ0) is 13.4. The van der Waals surface area contributed by atoms with Crippen molar-refractivity contribution in [1.82, 2.24) is 4.98 Å². The molecule has 0 fully saturated rings. The SMILES string of the molecule is Cc1ccc(NC2CC(N)c3ccccc32)c(C)n1. The monoisotopic (exact) mass is 253 g/mol. The summed E-state index contributed by atoms with van der Waals surface area (Å²) in [6, 6.07) is 13.0. The van der Waals surface area contributed by atoms with E-state index in [9.17, 15) is 0 Å². The smallest absolute Gasteiger partial charge is 0.0607 e. The fourth-order valence-electron chi connectivity index (χ4n) is 2.84. The van der Waals surface area contributed by atoms with Crippen molar-refractivity contribution in [2.24, 2.45) is 5.73 Å². The average molecular weight is 253 g/mol. The van der Waals surface area contributed by atoms with Crippen LogP contribution in [-0.2, 0) is 0 Å². The van der Waals surface area contributed by atoms with Gasteiger partial charge in [-0.05, 0) is 43.5 Å². The van der Waals surface area contributed by atoms with Gasteiger partial charge in [-0.1, -0.05) is 24.3 Å². The Morgan fingerprint density at radius 3 is 2.58 bits per heavy atom. The second-order valence-electron chi connectivity index (χ2n) is 5.25. The van der Waals surface area contributed by atoms with Gasteiger partial charge in [0.25, 0.3) is 0 Å². The molecule has 2 atom stereocenters. The molecule has 1 aliphatic carbocycles. The van der Waals surface area contributed by atoms with Crippen LogP contribution in [0.1, 0.15) is 41.0 Å². The Morgan fingerprint density at radius 1 is 1.11 bits per heavy atom. The van der Waals surface area contributed by atoms with Crippen LogP contribution >= 0.6 is 0 Å². The molecule has 0 radical (unpaired) electrons. The summed E-state index contributed by atoms with van der Waals surface area (Å²) < 4.78 is 0. The van der Waals surface area contributed by atoms with E-state index < -0.39 is 0 Å². The lowest BCUT2D eigenvalue weighted by atomic mass is 10.1. The van der Waals surface area contributed by atoms with E-state index in [1.54, 1.807) is 0 Å². The van der Waals surface area contributed by atoms with Crippen molar-refractivity contribution in [3.63, 3.8) is 0 Å². The Labute approximate surface area is 113 Å². The Balaban J connectivity index is 1.89. The lowest BCUT2D eigenvalue weighted by Gasteiger charge is -2.17. The minimum atomic E-state index is 0.132. The summed E-state index contributed by atoms with van der Waals surface area (Å²) >= 11 is 0. The molecular formula is C16H19N3. The van der Waals surface area contributed by atoms with Crippen molar-refractivity contribution in [3.05, 3.63) is 58.9 Å². The maximum atomic E-state index is 6.20. The summed E-state index contributed by atoms with van der Waals surface area (Å²) in [6.07, 6.45) is 0.937. The number of nitrogens with zero attached hydrogens (tertiary/aromatic N) is 1. The topological polar surface area (TPSA) is 50.9 Å². The molecule has 1 aliphatic rings. The first-order valence-corrected chi connectivity index (χ1v) is 6.70. The van der Waals surface area contributed by atoms with Crippen molar-refractivity contribution in [2.45, 2.75) is 32.4 Å². The molecule has 0 saturated heterocycles. The van der Waals surface area contributed by atoms with Crippen LogP contribution < -0.4 is 11.1 Å². The normalized spacial score (nSPS) is 21.2. The zero-order valence-corrected chi connectivity index (χ0v) is 11.4. The molecule has 3 heteroatoms. The first kappa shape index (κ1) is 12.2. The van der Waals surface area contributed by atoms with Crippen LogP contribution in [0.15, 0.2) is 36.4 Å². The fourth-order valence-corrected chi connectivity index (χ4v) is 2.84. The summed E-state index contributed by atoms with van der Waals surface area (Å²) in [4.78, 5) is 4.50. The Bertz CT molecular complexity index is 607. The number of aryl methyl sites for hydroxylation is 2. The van der Waals surface area contributed by atoms with Gasteiger partial charge in [0, 0.05) is 11.7 Å². The molecule has 0 spiro atoms. The van der Waals surface area contributed by atoms with Gasteiger partial charge in [0.2, 0.25) is 0 Å². The van der Waals surface area contributed by atoms with Gasteiger partial charge in [-0.2, -0.15) is 0 Å². The molecule has 19 heavy (non-hydrogen) atoms. The Morgan fingerprint density at radius 2 is 1.84 bits per heavy atom. The maximum absolute atomic E-state index is 6.20. The molecule has 0 amide bonds. The van der Waals surface area contributed by atoms with Crippen molar-refractivity contribution in [1.29, 1.82) is 0 Å². The van der Waals surface area contributed by atoms with Crippen LogP contribution in [0.4, 0.5) is 5.69 Å². The molecule has 0 saturated carbocycles. The van der Waals surface area contributed by atoms with Gasteiger partial charge >= 0.3 is 0 Å². The van der Waals surface area contributed by atoms with Crippen molar-refractivity contribution < 1.29 is 0 Å². The minimum absolute atomic E-state index is 0.132. The second-order valence-corrected chi connectivity index (χ2v) is 5.25. The number of aromatic nitrogens is 1. The highest BCUT2D eigenvalue weighted by Gasteiger charge is 2.28. The molecule has 1 aromatic carbocycles. The predicted octanol–water partition coefficient (Wildman–Crippen LogP) is 3.26. The second kappa shape index (κ2) is 4.67. The van der Waals surface area contributed by atoms with Gasteiger partial charge in [0.05, 0.1) is 17.4 Å². The quantitative estimate of drug-likeness (QED) is 0.863. The summed E-state index contributed by atoms with van der Waals surface area (Å²) in [5, 5.41) is 3.58. The molecule has 2 aromatic rings. The summed E-state index contributed by atoms with van der Waals surface area (Å²) in [7, 11) is 0. The molecule has 0 aliphatic heterocycles. The number of hydrogen-bond donors (Lipinski definition) is 2. The van der Waals surface area contributed by atoms with E-state index in [0.29, 0.717) is 0 Å². The standard InChI is InChI=1S/C16H19N3/c1-10-7-8-15(11(2)18-10)19-16-9-14(17)12-5-3-4-6-13(12)16/h3-8,14,16,19H,9,17H2,1-2H3. The third kappa shape index (κ3) is 2.22. The van der Waals surface area contributed by atoms with Crippen LogP contribution in [0.3, 0.4) is 0 Å². The third-order valence-electron chi connectivity index (χ3n) is 3.82. The number of pyridine rings is 1. The highest BCUT2D eigenvalue weighted by atomic mass is 15.0.